The van der Waals surface area contributed by atoms with Crippen molar-refractivity contribution in [2.24, 2.45) is 0 Å². The average molecular weight is 381 g/mol. The highest BCUT2D eigenvalue weighted by Crippen LogP contribution is 2.21. The third-order valence-corrected chi connectivity index (χ3v) is 6.40. The van der Waals surface area contributed by atoms with Crippen LogP contribution < -0.4 is 10.2 Å². The molecule has 0 bridgehead atoms. The van der Waals surface area contributed by atoms with Gasteiger partial charge >= 0.3 is 0 Å². The number of hydrogen-bond donors (Lipinski definition) is 1. The largest absolute Gasteiger partial charge is 0.379 e. The van der Waals surface area contributed by atoms with E-state index in [0.717, 1.165) is 12.1 Å². The Hall–Kier alpha value is -1.97. The summed E-state index contributed by atoms with van der Waals surface area (Å²) in [6.07, 6.45) is 1.40. The monoisotopic (exact) mass is 381 g/mol. The van der Waals surface area contributed by atoms with Gasteiger partial charge in [0.25, 0.3) is 5.91 Å². The molecule has 2 aliphatic rings. The Bertz CT molecular complexity index is 757. The van der Waals surface area contributed by atoms with Crippen molar-refractivity contribution in [1.82, 2.24) is 9.62 Å². The predicted octanol–water partition coefficient (Wildman–Crippen LogP) is 0.205. The van der Waals surface area contributed by atoms with Crippen molar-refractivity contribution < 1.29 is 22.7 Å². The lowest BCUT2D eigenvalue weighted by Gasteiger charge is -2.26. The molecule has 0 radical (unpaired) electrons. The number of amides is 2. The Balaban J connectivity index is 1.51. The first-order valence-electron chi connectivity index (χ1n) is 8.71. The zero-order valence-corrected chi connectivity index (χ0v) is 15.3. The van der Waals surface area contributed by atoms with E-state index in [1.807, 2.05) is 0 Å². The zero-order chi connectivity index (χ0) is 18.6. The molecule has 0 unspecified atom stereocenters. The Labute approximate surface area is 153 Å². The molecule has 9 heteroatoms. The van der Waals surface area contributed by atoms with Crippen LogP contribution in [0.25, 0.3) is 0 Å². The molecule has 0 aliphatic carbocycles. The van der Waals surface area contributed by atoms with Gasteiger partial charge in [0.05, 0.1) is 19.0 Å². The number of sulfonamides is 1. The number of carbonyl (C=O) groups is 2. The quantitative estimate of drug-likeness (QED) is 0.760. The third kappa shape index (κ3) is 4.40. The van der Waals surface area contributed by atoms with E-state index in [0.29, 0.717) is 44.8 Å². The smallest absolute Gasteiger partial charge is 0.251 e. The van der Waals surface area contributed by atoms with Gasteiger partial charge in [-0.15, -0.1) is 0 Å². The number of carbonyl (C=O) groups excluding carboxylic acids is 2. The van der Waals surface area contributed by atoms with E-state index in [1.165, 1.54) is 4.31 Å². The normalized spacial score (nSPS) is 18.9. The average Bonchev–Trinajstić information content (AvgIpc) is 3.08. The Morgan fingerprint density at radius 3 is 2.42 bits per heavy atom. The minimum Gasteiger partial charge on any atom is -0.379 e. The van der Waals surface area contributed by atoms with Crippen LogP contribution in [-0.2, 0) is 19.6 Å². The number of anilines is 1. The summed E-state index contributed by atoms with van der Waals surface area (Å²) in [6.45, 7) is 2.25. The van der Waals surface area contributed by atoms with E-state index >= 15 is 0 Å². The van der Waals surface area contributed by atoms with Crippen molar-refractivity contribution in [3.63, 3.8) is 0 Å². The van der Waals surface area contributed by atoms with Gasteiger partial charge in [0, 0.05) is 43.9 Å². The molecule has 0 spiro atoms. The van der Waals surface area contributed by atoms with E-state index in [2.05, 4.69) is 5.32 Å². The van der Waals surface area contributed by atoms with Gasteiger partial charge in [0.2, 0.25) is 15.9 Å². The molecule has 26 heavy (non-hydrogen) atoms. The maximum absolute atomic E-state index is 12.2. The molecule has 1 aromatic carbocycles. The van der Waals surface area contributed by atoms with Crippen molar-refractivity contribution in [3.8, 4) is 0 Å². The third-order valence-electron chi connectivity index (χ3n) is 4.52. The Kier molecular flexibility index (Phi) is 5.90. The molecule has 2 amide bonds. The molecule has 2 saturated heterocycles. The molecule has 1 aromatic rings. The molecule has 142 valence electrons. The van der Waals surface area contributed by atoms with Gasteiger partial charge in [-0.05, 0) is 30.7 Å². The summed E-state index contributed by atoms with van der Waals surface area (Å²) in [5.74, 6) is -0.379. The fraction of sp³-hybridized carbons (Fsp3) is 0.529. The van der Waals surface area contributed by atoms with Gasteiger partial charge in [-0.3, -0.25) is 9.59 Å². The first-order chi connectivity index (χ1) is 12.5. The van der Waals surface area contributed by atoms with Crippen LogP contribution in [0.15, 0.2) is 24.3 Å². The molecule has 1 N–H and O–H groups in total. The van der Waals surface area contributed by atoms with Crippen molar-refractivity contribution in [2.45, 2.75) is 12.8 Å². The lowest BCUT2D eigenvalue weighted by molar-refractivity contribution is -0.117. The van der Waals surface area contributed by atoms with E-state index in [-0.39, 0.29) is 24.1 Å². The first kappa shape index (κ1) is 18.8. The van der Waals surface area contributed by atoms with Crippen LogP contribution in [0.5, 0.6) is 0 Å². The maximum Gasteiger partial charge on any atom is 0.251 e. The molecule has 3 rings (SSSR count). The number of ether oxygens (including phenoxy) is 1. The van der Waals surface area contributed by atoms with Crippen LogP contribution in [0, 0.1) is 0 Å². The number of rotatable bonds is 6. The molecule has 2 heterocycles. The highest BCUT2D eigenvalue weighted by molar-refractivity contribution is 7.89. The van der Waals surface area contributed by atoms with Gasteiger partial charge in [-0.2, -0.15) is 4.31 Å². The summed E-state index contributed by atoms with van der Waals surface area (Å²) in [5.41, 5.74) is 1.21. The van der Waals surface area contributed by atoms with Crippen molar-refractivity contribution in [1.29, 1.82) is 0 Å². The first-order valence-corrected chi connectivity index (χ1v) is 10.3. The number of morpholine rings is 1. The SMILES string of the molecule is O=C(NCCS(=O)(=O)N1CCOCC1)c1ccc(N2CCCC2=O)cc1. The molecule has 0 saturated carbocycles. The number of benzene rings is 1. The molecule has 0 atom stereocenters. The molecule has 2 aliphatic heterocycles. The molecule has 0 aromatic heterocycles. The van der Waals surface area contributed by atoms with Gasteiger partial charge in [-0.25, -0.2) is 8.42 Å². The maximum atomic E-state index is 12.2. The molecular formula is C17H23N3O5S. The molecule has 2 fully saturated rings. The molecule has 8 nitrogen and oxygen atoms in total. The zero-order valence-electron chi connectivity index (χ0n) is 14.5. The minimum atomic E-state index is -3.39. The van der Waals surface area contributed by atoms with Crippen LogP contribution in [-0.4, -0.2) is 69.7 Å². The topological polar surface area (TPSA) is 96.0 Å². The van der Waals surface area contributed by atoms with Gasteiger partial charge in [0.1, 0.15) is 0 Å². The standard InChI is InChI=1S/C17H23N3O5S/c21-16-2-1-8-20(16)15-5-3-14(4-6-15)17(22)18-7-13-26(23,24)19-9-11-25-12-10-19/h3-6H,1-2,7-13H2,(H,18,22). The number of hydrogen-bond acceptors (Lipinski definition) is 5. The van der Waals surface area contributed by atoms with E-state index in [1.54, 1.807) is 29.2 Å². The van der Waals surface area contributed by atoms with Crippen LogP contribution in [0.3, 0.4) is 0 Å². The lowest BCUT2D eigenvalue weighted by atomic mass is 10.2. The van der Waals surface area contributed by atoms with Crippen LogP contribution in [0.1, 0.15) is 23.2 Å². The summed E-state index contributed by atoms with van der Waals surface area (Å²) in [4.78, 5) is 25.6. The van der Waals surface area contributed by atoms with Crippen molar-refractivity contribution >= 4 is 27.5 Å². The summed E-state index contributed by atoms with van der Waals surface area (Å²) >= 11 is 0. The van der Waals surface area contributed by atoms with Crippen molar-refractivity contribution in [2.75, 3.05) is 50.0 Å². The summed E-state index contributed by atoms with van der Waals surface area (Å²) in [7, 11) is -3.39. The molecular weight excluding hydrogens is 358 g/mol. The van der Waals surface area contributed by atoms with Crippen molar-refractivity contribution in [3.05, 3.63) is 29.8 Å². The van der Waals surface area contributed by atoms with Gasteiger partial charge in [0.15, 0.2) is 0 Å². The van der Waals surface area contributed by atoms with E-state index in [4.69, 9.17) is 4.74 Å². The Morgan fingerprint density at radius 2 is 1.81 bits per heavy atom. The summed E-state index contributed by atoms with van der Waals surface area (Å²) in [6, 6.07) is 6.77. The fourth-order valence-electron chi connectivity index (χ4n) is 3.06. The van der Waals surface area contributed by atoms with Crippen LogP contribution in [0.2, 0.25) is 0 Å². The van der Waals surface area contributed by atoms with E-state index in [9.17, 15) is 18.0 Å². The van der Waals surface area contributed by atoms with Crippen LogP contribution >= 0.6 is 0 Å². The second-order valence-corrected chi connectivity index (χ2v) is 8.37. The second-order valence-electron chi connectivity index (χ2n) is 6.28. The van der Waals surface area contributed by atoms with Gasteiger partial charge in [-0.1, -0.05) is 0 Å². The second kappa shape index (κ2) is 8.15. The number of nitrogens with zero attached hydrogens (tertiary/aromatic N) is 2. The minimum absolute atomic E-state index is 0.0465. The summed E-state index contributed by atoms with van der Waals surface area (Å²) in [5, 5.41) is 2.64. The predicted molar refractivity (Wildman–Crippen MR) is 96.5 cm³/mol. The number of nitrogens with one attached hydrogen (secondary N) is 1. The lowest BCUT2D eigenvalue weighted by Crippen LogP contribution is -2.43. The van der Waals surface area contributed by atoms with Gasteiger partial charge < -0.3 is 15.0 Å². The van der Waals surface area contributed by atoms with E-state index < -0.39 is 10.0 Å². The van der Waals surface area contributed by atoms with Crippen LogP contribution in [0.4, 0.5) is 5.69 Å². The highest BCUT2D eigenvalue weighted by Gasteiger charge is 2.24. The fourth-order valence-corrected chi connectivity index (χ4v) is 4.39. The highest BCUT2D eigenvalue weighted by atomic mass is 32.2. The Morgan fingerprint density at radius 1 is 1.12 bits per heavy atom. The summed E-state index contributed by atoms with van der Waals surface area (Å²) < 4.78 is 31.0.